The van der Waals surface area contributed by atoms with E-state index in [1.165, 1.54) is 0 Å². The lowest BCUT2D eigenvalue weighted by Crippen LogP contribution is -2.17. The Morgan fingerprint density at radius 1 is 1.33 bits per heavy atom. The zero-order valence-electron chi connectivity index (χ0n) is 10.7. The number of nitrogens with zero attached hydrogens (tertiary/aromatic N) is 3. The van der Waals surface area contributed by atoms with Gasteiger partial charge in [-0.3, -0.25) is 4.98 Å². The van der Waals surface area contributed by atoms with Crippen LogP contribution in [0.3, 0.4) is 0 Å². The Morgan fingerprint density at radius 3 is 2.94 bits per heavy atom. The number of hydrogen-bond donors (Lipinski definition) is 1. The van der Waals surface area contributed by atoms with Crippen LogP contribution in [0.4, 0.5) is 0 Å². The van der Waals surface area contributed by atoms with Gasteiger partial charge in [-0.25, -0.2) is 4.98 Å². The van der Waals surface area contributed by atoms with Crippen molar-refractivity contribution < 1.29 is 5.11 Å². The average Bonchev–Trinajstić information content (AvgIpc) is 2.78. The van der Waals surface area contributed by atoms with Gasteiger partial charge in [-0.05, 0) is 18.1 Å². The normalized spacial score (nSPS) is 12.6. The quantitative estimate of drug-likeness (QED) is 0.844. The molecule has 2 aromatic rings. The van der Waals surface area contributed by atoms with Crippen molar-refractivity contribution in [3.63, 3.8) is 0 Å². The van der Waals surface area contributed by atoms with E-state index in [0.29, 0.717) is 12.8 Å². The molecule has 1 unspecified atom stereocenters. The van der Waals surface area contributed by atoms with E-state index in [9.17, 15) is 5.11 Å². The SMILES string of the molecule is CCCn1ccnc1CC(O)Cc1cccnc1. The summed E-state index contributed by atoms with van der Waals surface area (Å²) in [7, 11) is 0. The molecule has 2 heterocycles. The number of aliphatic hydroxyl groups is 1. The Hall–Kier alpha value is -1.68. The first kappa shape index (κ1) is 12.8. The van der Waals surface area contributed by atoms with Crippen LogP contribution in [0.15, 0.2) is 36.9 Å². The summed E-state index contributed by atoms with van der Waals surface area (Å²) in [6.07, 6.45) is 9.16. The van der Waals surface area contributed by atoms with Crippen LogP contribution in [0.2, 0.25) is 0 Å². The fourth-order valence-corrected chi connectivity index (χ4v) is 2.05. The van der Waals surface area contributed by atoms with Crippen LogP contribution in [0.1, 0.15) is 24.7 Å². The molecule has 96 valence electrons. The second-order valence-corrected chi connectivity index (χ2v) is 4.46. The van der Waals surface area contributed by atoms with E-state index in [1.54, 1.807) is 18.6 Å². The van der Waals surface area contributed by atoms with E-state index in [4.69, 9.17) is 0 Å². The molecule has 0 saturated carbocycles. The van der Waals surface area contributed by atoms with Crippen molar-refractivity contribution in [3.8, 4) is 0 Å². The van der Waals surface area contributed by atoms with Crippen LogP contribution >= 0.6 is 0 Å². The highest BCUT2D eigenvalue weighted by atomic mass is 16.3. The number of rotatable bonds is 6. The number of aryl methyl sites for hydroxylation is 1. The van der Waals surface area contributed by atoms with Gasteiger partial charge in [0.2, 0.25) is 0 Å². The largest absolute Gasteiger partial charge is 0.392 e. The van der Waals surface area contributed by atoms with Crippen molar-refractivity contribution in [1.82, 2.24) is 14.5 Å². The van der Waals surface area contributed by atoms with Gasteiger partial charge in [0.15, 0.2) is 0 Å². The van der Waals surface area contributed by atoms with Gasteiger partial charge in [-0.15, -0.1) is 0 Å². The van der Waals surface area contributed by atoms with Crippen LogP contribution in [-0.2, 0) is 19.4 Å². The molecular formula is C14H19N3O. The Labute approximate surface area is 107 Å². The molecule has 18 heavy (non-hydrogen) atoms. The van der Waals surface area contributed by atoms with E-state index in [1.807, 2.05) is 18.3 Å². The minimum atomic E-state index is -0.410. The summed E-state index contributed by atoms with van der Waals surface area (Å²) in [6, 6.07) is 3.87. The molecule has 1 atom stereocenters. The molecule has 0 aliphatic rings. The zero-order valence-corrected chi connectivity index (χ0v) is 10.7. The van der Waals surface area contributed by atoms with Gasteiger partial charge in [0.1, 0.15) is 5.82 Å². The van der Waals surface area contributed by atoms with Gasteiger partial charge in [0.25, 0.3) is 0 Å². The molecule has 1 N–H and O–H groups in total. The summed E-state index contributed by atoms with van der Waals surface area (Å²) >= 11 is 0. The summed E-state index contributed by atoms with van der Waals surface area (Å²) in [5.74, 6) is 0.952. The molecule has 0 fully saturated rings. The van der Waals surface area contributed by atoms with Gasteiger partial charge >= 0.3 is 0 Å². The van der Waals surface area contributed by atoms with Gasteiger partial charge in [0.05, 0.1) is 6.10 Å². The van der Waals surface area contributed by atoms with Crippen LogP contribution in [0.25, 0.3) is 0 Å². The summed E-state index contributed by atoms with van der Waals surface area (Å²) < 4.78 is 2.10. The van der Waals surface area contributed by atoms with Crippen LogP contribution in [0, 0.1) is 0 Å². The number of hydrogen-bond acceptors (Lipinski definition) is 3. The number of pyridine rings is 1. The Kier molecular flexibility index (Phi) is 4.47. The van der Waals surface area contributed by atoms with Crippen molar-refractivity contribution in [2.45, 2.75) is 38.8 Å². The van der Waals surface area contributed by atoms with Crippen LogP contribution < -0.4 is 0 Å². The van der Waals surface area contributed by atoms with E-state index < -0.39 is 6.10 Å². The van der Waals surface area contributed by atoms with Crippen molar-refractivity contribution in [2.75, 3.05) is 0 Å². The number of aromatic nitrogens is 3. The minimum Gasteiger partial charge on any atom is -0.392 e. The molecular weight excluding hydrogens is 226 g/mol. The van der Waals surface area contributed by atoms with E-state index in [-0.39, 0.29) is 0 Å². The molecule has 2 aromatic heterocycles. The Balaban J connectivity index is 1.94. The van der Waals surface area contributed by atoms with E-state index in [2.05, 4.69) is 21.5 Å². The first-order chi connectivity index (χ1) is 8.79. The molecule has 4 heteroatoms. The van der Waals surface area contributed by atoms with Crippen LogP contribution in [-0.4, -0.2) is 25.7 Å². The maximum absolute atomic E-state index is 10.1. The molecule has 4 nitrogen and oxygen atoms in total. The summed E-state index contributed by atoms with van der Waals surface area (Å²) in [5.41, 5.74) is 1.05. The predicted molar refractivity (Wildman–Crippen MR) is 70.2 cm³/mol. The molecule has 0 amide bonds. The monoisotopic (exact) mass is 245 g/mol. The fraction of sp³-hybridized carbons (Fsp3) is 0.429. The lowest BCUT2D eigenvalue weighted by atomic mass is 10.1. The van der Waals surface area contributed by atoms with Gasteiger partial charge in [-0.2, -0.15) is 0 Å². The summed E-state index contributed by atoms with van der Waals surface area (Å²) in [5, 5.41) is 10.1. The maximum Gasteiger partial charge on any atom is 0.111 e. The molecule has 0 spiro atoms. The van der Waals surface area contributed by atoms with Gasteiger partial charge in [-0.1, -0.05) is 13.0 Å². The van der Waals surface area contributed by atoms with E-state index in [0.717, 1.165) is 24.4 Å². The molecule has 0 aliphatic carbocycles. The third kappa shape index (κ3) is 3.40. The van der Waals surface area contributed by atoms with Crippen molar-refractivity contribution in [1.29, 1.82) is 0 Å². The highest BCUT2D eigenvalue weighted by Gasteiger charge is 2.10. The van der Waals surface area contributed by atoms with Crippen molar-refractivity contribution in [3.05, 3.63) is 48.3 Å². The number of aliphatic hydroxyl groups excluding tert-OH is 1. The zero-order chi connectivity index (χ0) is 12.8. The first-order valence-electron chi connectivity index (χ1n) is 6.36. The molecule has 2 rings (SSSR count). The molecule has 0 bridgehead atoms. The lowest BCUT2D eigenvalue weighted by Gasteiger charge is -2.11. The number of imidazole rings is 1. The topological polar surface area (TPSA) is 50.9 Å². The minimum absolute atomic E-state index is 0.410. The Bertz CT molecular complexity index is 467. The van der Waals surface area contributed by atoms with Crippen LogP contribution in [0.5, 0.6) is 0 Å². The average molecular weight is 245 g/mol. The smallest absolute Gasteiger partial charge is 0.111 e. The van der Waals surface area contributed by atoms with Crippen molar-refractivity contribution in [2.24, 2.45) is 0 Å². The summed E-state index contributed by atoms with van der Waals surface area (Å²) in [6.45, 7) is 3.09. The maximum atomic E-state index is 10.1. The molecule has 0 radical (unpaired) electrons. The Morgan fingerprint density at radius 2 is 2.22 bits per heavy atom. The molecule has 0 aromatic carbocycles. The third-order valence-corrected chi connectivity index (χ3v) is 2.88. The van der Waals surface area contributed by atoms with Gasteiger partial charge in [0, 0.05) is 44.2 Å². The lowest BCUT2D eigenvalue weighted by molar-refractivity contribution is 0.171. The second-order valence-electron chi connectivity index (χ2n) is 4.46. The first-order valence-corrected chi connectivity index (χ1v) is 6.36. The second kappa shape index (κ2) is 6.31. The molecule has 0 aliphatic heterocycles. The fourth-order valence-electron chi connectivity index (χ4n) is 2.05. The highest BCUT2D eigenvalue weighted by Crippen LogP contribution is 2.08. The molecule has 0 saturated heterocycles. The predicted octanol–water partition coefficient (Wildman–Crippen LogP) is 1.83. The summed E-state index contributed by atoms with van der Waals surface area (Å²) in [4.78, 5) is 8.35. The third-order valence-electron chi connectivity index (χ3n) is 2.88. The van der Waals surface area contributed by atoms with Gasteiger partial charge < -0.3 is 9.67 Å². The van der Waals surface area contributed by atoms with Crippen molar-refractivity contribution >= 4 is 0 Å². The van der Waals surface area contributed by atoms with E-state index >= 15 is 0 Å². The highest BCUT2D eigenvalue weighted by molar-refractivity contribution is 5.10. The standard InChI is InChI=1S/C14H19N3O/c1-2-7-17-8-6-16-14(17)10-13(18)9-12-4-3-5-15-11-12/h3-6,8,11,13,18H,2,7,9-10H2,1H3.